The molecule has 18 heavy (non-hydrogen) atoms. The summed E-state index contributed by atoms with van der Waals surface area (Å²) in [4.78, 5) is 4.54. The number of aromatic nitrogens is 1. The molecule has 2 rings (SSSR count). The van der Waals surface area contributed by atoms with Gasteiger partial charge < -0.3 is 14.8 Å². The Hall–Kier alpha value is -0.870. The third-order valence-electron chi connectivity index (χ3n) is 4.02. The first-order chi connectivity index (χ1) is 8.44. The van der Waals surface area contributed by atoms with E-state index >= 15 is 0 Å². The van der Waals surface area contributed by atoms with Crippen molar-refractivity contribution in [2.24, 2.45) is 0 Å². The van der Waals surface area contributed by atoms with Crippen molar-refractivity contribution >= 4 is 0 Å². The highest BCUT2D eigenvalue weighted by molar-refractivity contribution is 5.17. The van der Waals surface area contributed by atoms with Gasteiger partial charge in [0.2, 0.25) is 0 Å². The van der Waals surface area contributed by atoms with Crippen molar-refractivity contribution in [1.29, 1.82) is 0 Å². The maximum absolute atomic E-state index is 10.3. The van der Waals surface area contributed by atoms with E-state index in [0.29, 0.717) is 24.1 Å². The lowest BCUT2D eigenvalue weighted by molar-refractivity contribution is 0.0475. The summed E-state index contributed by atoms with van der Waals surface area (Å²) in [6.45, 7) is 8.74. The molecule has 0 amide bonds. The van der Waals surface area contributed by atoms with Gasteiger partial charge in [0.15, 0.2) is 5.89 Å². The van der Waals surface area contributed by atoms with Gasteiger partial charge in [-0.1, -0.05) is 6.92 Å². The predicted molar refractivity (Wildman–Crippen MR) is 70.5 cm³/mol. The van der Waals surface area contributed by atoms with Crippen LogP contribution in [0.15, 0.2) is 4.42 Å². The molecule has 0 aliphatic carbocycles. The summed E-state index contributed by atoms with van der Waals surface area (Å²) in [5, 5.41) is 13.7. The van der Waals surface area contributed by atoms with Crippen LogP contribution in [0.3, 0.4) is 0 Å². The van der Waals surface area contributed by atoms with E-state index in [4.69, 9.17) is 4.42 Å². The molecule has 0 aromatic carbocycles. The predicted octanol–water partition coefficient (Wildman–Crippen LogP) is 2.46. The molecule has 4 heteroatoms. The van der Waals surface area contributed by atoms with Crippen molar-refractivity contribution < 1.29 is 9.52 Å². The number of rotatable bonds is 3. The van der Waals surface area contributed by atoms with Gasteiger partial charge in [0, 0.05) is 18.5 Å². The van der Waals surface area contributed by atoms with Crippen LogP contribution in [0.2, 0.25) is 0 Å². The van der Waals surface area contributed by atoms with Crippen LogP contribution in [-0.2, 0) is 5.60 Å². The smallest absolute Gasteiger partial charge is 0.199 e. The quantitative estimate of drug-likeness (QED) is 0.867. The average Bonchev–Trinajstić information content (AvgIpc) is 2.73. The monoisotopic (exact) mass is 252 g/mol. The van der Waals surface area contributed by atoms with Crippen LogP contribution in [-0.4, -0.2) is 22.7 Å². The molecule has 0 radical (unpaired) electrons. The van der Waals surface area contributed by atoms with Gasteiger partial charge in [-0.3, -0.25) is 0 Å². The maximum atomic E-state index is 10.3. The third kappa shape index (κ3) is 2.59. The molecule has 1 aromatic rings. The first-order valence-corrected chi connectivity index (χ1v) is 6.87. The molecule has 1 saturated heterocycles. The molecule has 0 spiro atoms. The highest BCUT2D eigenvalue weighted by Crippen LogP contribution is 2.31. The maximum Gasteiger partial charge on any atom is 0.199 e. The lowest BCUT2D eigenvalue weighted by atomic mass is 9.95. The van der Waals surface area contributed by atoms with Crippen molar-refractivity contribution in [2.75, 3.05) is 6.54 Å². The van der Waals surface area contributed by atoms with Gasteiger partial charge in [0.1, 0.15) is 17.1 Å². The van der Waals surface area contributed by atoms with E-state index in [9.17, 15) is 5.11 Å². The van der Waals surface area contributed by atoms with Gasteiger partial charge in [0.25, 0.3) is 0 Å². The summed E-state index contributed by atoms with van der Waals surface area (Å²) < 4.78 is 5.77. The van der Waals surface area contributed by atoms with E-state index in [1.807, 2.05) is 13.8 Å². The first-order valence-electron chi connectivity index (χ1n) is 6.87. The fraction of sp³-hybridized carbons (Fsp3) is 0.786. The number of hydrogen-bond acceptors (Lipinski definition) is 4. The van der Waals surface area contributed by atoms with E-state index in [2.05, 4.69) is 17.2 Å². The normalized spacial score (nSPS) is 28.1. The van der Waals surface area contributed by atoms with Crippen molar-refractivity contribution in [2.45, 2.75) is 64.5 Å². The molecule has 1 aliphatic heterocycles. The second kappa shape index (κ2) is 5.02. The molecule has 1 aromatic heterocycles. The Balaban J connectivity index is 2.19. The fourth-order valence-corrected chi connectivity index (χ4v) is 2.47. The fourth-order valence-electron chi connectivity index (χ4n) is 2.47. The van der Waals surface area contributed by atoms with Crippen LogP contribution in [0.4, 0.5) is 0 Å². The summed E-state index contributed by atoms with van der Waals surface area (Å²) in [6, 6.07) is 0.579. The summed E-state index contributed by atoms with van der Waals surface area (Å²) >= 11 is 0. The lowest BCUT2D eigenvalue weighted by Gasteiger charge is -2.25. The minimum absolute atomic E-state index is 0.335. The number of aliphatic hydroxyl groups is 1. The SMILES string of the molecule is CCC(C)(O)c1nc(C2CC[C@@H](C)NC2)oc1C. The van der Waals surface area contributed by atoms with E-state index in [0.717, 1.165) is 31.0 Å². The number of hydrogen-bond donors (Lipinski definition) is 2. The van der Waals surface area contributed by atoms with Crippen molar-refractivity contribution in [3.8, 4) is 0 Å². The molecule has 3 atom stereocenters. The van der Waals surface area contributed by atoms with E-state index in [-0.39, 0.29) is 0 Å². The highest BCUT2D eigenvalue weighted by Gasteiger charge is 2.31. The van der Waals surface area contributed by atoms with Crippen molar-refractivity contribution in [3.05, 3.63) is 17.3 Å². The van der Waals surface area contributed by atoms with E-state index in [1.54, 1.807) is 6.92 Å². The Kier molecular flexibility index (Phi) is 3.78. The molecule has 1 fully saturated rings. The summed E-state index contributed by atoms with van der Waals surface area (Å²) in [7, 11) is 0. The Morgan fingerprint density at radius 3 is 2.78 bits per heavy atom. The van der Waals surface area contributed by atoms with Crippen LogP contribution >= 0.6 is 0 Å². The summed E-state index contributed by atoms with van der Waals surface area (Å²) in [5.41, 5.74) is -0.195. The first kappa shape index (κ1) is 13.6. The lowest BCUT2D eigenvalue weighted by Crippen LogP contribution is -2.35. The molecule has 0 bridgehead atoms. The Bertz CT molecular complexity index is 404. The number of piperidine rings is 1. The Labute approximate surface area is 109 Å². The summed E-state index contributed by atoms with van der Waals surface area (Å²) in [6.07, 6.45) is 2.88. The van der Waals surface area contributed by atoms with Crippen molar-refractivity contribution in [1.82, 2.24) is 10.3 Å². The second-order valence-electron chi connectivity index (χ2n) is 5.67. The molecule has 2 heterocycles. The number of nitrogens with one attached hydrogen (secondary N) is 1. The number of oxazole rings is 1. The topological polar surface area (TPSA) is 58.3 Å². The number of aryl methyl sites for hydroxylation is 1. The van der Waals surface area contributed by atoms with Crippen LogP contribution in [0.25, 0.3) is 0 Å². The number of nitrogens with zero attached hydrogens (tertiary/aromatic N) is 1. The molecular formula is C14H24N2O2. The van der Waals surface area contributed by atoms with E-state index in [1.165, 1.54) is 0 Å². The molecule has 102 valence electrons. The van der Waals surface area contributed by atoms with Gasteiger partial charge >= 0.3 is 0 Å². The van der Waals surface area contributed by atoms with Gasteiger partial charge in [-0.05, 0) is 40.0 Å². The van der Waals surface area contributed by atoms with Crippen LogP contribution in [0.1, 0.15) is 63.3 Å². The van der Waals surface area contributed by atoms with Crippen molar-refractivity contribution in [3.63, 3.8) is 0 Å². The largest absolute Gasteiger partial charge is 0.445 e. The summed E-state index contributed by atoms with van der Waals surface area (Å²) in [5.74, 6) is 1.85. The molecule has 4 nitrogen and oxygen atoms in total. The zero-order valence-electron chi connectivity index (χ0n) is 11.8. The molecule has 2 unspecified atom stereocenters. The van der Waals surface area contributed by atoms with Crippen LogP contribution in [0.5, 0.6) is 0 Å². The van der Waals surface area contributed by atoms with Crippen LogP contribution in [0, 0.1) is 6.92 Å². The molecule has 0 saturated carbocycles. The standard InChI is InChI=1S/C14H24N2O2/c1-5-14(4,17)12-10(3)18-13(16-12)11-7-6-9(2)15-8-11/h9,11,15,17H,5-8H2,1-4H3/t9-,11?,14?/m1/s1. The van der Waals surface area contributed by atoms with Gasteiger partial charge in [-0.15, -0.1) is 0 Å². The third-order valence-corrected chi connectivity index (χ3v) is 4.02. The minimum atomic E-state index is -0.888. The molecule has 2 N–H and O–H groups in total. The average molecular weight is 252 g/mol. The Morgan fingerprint density at radius 2 is 2.22 bits per heavy atom. The second-order valence-corrected chi connectivity index (χ2v) is 5.67. The zero-order chi connectivity index (χ0) is 13.3. The molecule has 1 aliphatic rings. The zero-order valence-corrected chi connectivity index (χ0v) is 11.8. The van der Waals surface area contributed by atoms with E-state index < -0.39 is 5.60 Å². The highest BCUT2D eigenvalue weighted by atomic mass is 16.4. The van der Waals surface area contributed by atoms with Gasteiger partial charge in [0.05, 0.1) is 0 Å². The van der Waals surface area contributed by atoms with Crippen LogP contribution < -0.4 is 5.32 Å². The van der Waals surface area contributed by atoms with Gasteiger partial charge in [-0.2, -0.15) is 0 Å². The minimum Gasteiger partial charge on any atom is -0.445 e. The van der Waals surface area contributed by atoms with Gasteiger partial charge in [-0.25, -0.2) is 4.98 Å². The molecular weight excluding hydrogens is 228 g/mol. The Morgan fingerprint density at radius 1 is 1.50 bits per heavy atom.